The molecule has 1 atom stereocenters. The van der Waals surface area contributed by atoms with Crippen molar-refractivity contribution >= 4 is 6.21 Å². The molecule has 2 heteroatoms. The van der Waals surface area contributed by atoms with E-state index in [2.05, 4.69) is 36.9 Å². The van der Waals surface area contributed by atoms with Gasteiger partial charge in [0.25, 0.3) is 0 Å². The van der Waals surface area contributed by atoms with Gasteiger partial charge in [-0.2, -0.15) is 0 Å². The molecular weight excluding hydrogens is 148 g/mol. The van der Waals surface area contributed by atoms with Crippen LogP contribution in [-0.4, -0.2) is 30.4 Å². The van der Waals surface area contributed by atoms with Gasteiger partial charge in [-0.05, 0) is 12.3 Å². The Balaban J connectivity index is 2.34. The lowest BCUT2D eigenvalue weighted by Gasteiger charge is -2.25. The molecule has 0 aromatic carbocycles. The fourth-order valence-electron chi connectivity index (χ4n) is 1.64. The van der Waals surface area contributed by atoms with Crippen molar-refractivity contribution in [2.75, 3.05) is 13.1 Å². The van der Waals surface area contributed by atoms with Gasteiger partial charge >= 0.3 is 0 Å². The topological polar surface area (TPSA) is 15.6 Å². The van der Waals surface area contributed by atoms with E-state index < -0.39 is 0 Å². The van der Waals surface area contributed by atoms with Gasteiger partial charge in [0.05, 0.1) is 0 Å². The van der Waals surface area contributed by atoms with Crippen molar-refractivity contribution in [3.63, 3.8) is 0 Å². The Bertz CT molecular complexity index is 152. The van der Waals surface area contributed by atoms with Crippen molar-refractivity contribution in [1.82, 2.24) is 4.90 Å². The van der Waals surface area contributed by atoms with Gasteiger partial charge in [0.1, 0.15) is 6.17 Å². The molecule has 0 aromatic heterocycles. The number of rotatable bonds is 4. The van der Waals surface area contributed by atoms with Crippen molar-refractivity contribution in [1.29, 1.82) is 0 Å². The van der Waals surface area contributed by atoms with Gasteiger partial charge in [-0.25, -0.2) is 0 Å². The minimum Gasteiger partial charge on any atom is -0.277 e. The summed E-state index contributed by atoms with van der Waals surface area (Å²) in [6, 6.07) is 0. The third-order valence-corrected chi connectivity index (χ3v) is 2.34. The van der Waals surface area contributed by atoms with E-state index in [0.717, 1.165) is 6.54 Å². The van der Waals surface area contributed by atoms with Crippen LogP contribution in [-0.2, 0) is 0 Å². The molecule has 70 valence electrons. The normalized spacial score (nSPS) is 24.2. The summed E-state index contributed by atoms with van der Waals surface area (Å²) in [5.74, 6) is 0.653. The van der Waals surface area contributed by atoms with Gasteiger partial charge in [-0.15, -0.1) is 0 Å². The van der Waals surface area contributed by atoms with Gasteiger partial charge in [0.2, 0.25) is 0 Å². The molecule has 1 rings (SSSR count). The molecule has 0 aliphatic carbocycles. The minimum absolute atomic E-state index is 0.455. The molecule has 1 unspecified atom stereocenters. The fourth-order valence-corrected chi connectivity index (χ4v) is 1.64. The third kappa shape index (κ3) is 2.31. The maximum absolute atomic E-state index is 4.47. The highest BCUT2D eigenvalue weighted by Crippen LogP contribution is 2.15. The SMILES string of the molecule is CCCCN1CC=NC1C(C)C. The molecular formula is C10H20N2. The summed E-state index contributed by atoms with van der Waals surface area (Å²) < 4.78 is 0. The Labute approximate surface area is 75.7 Å². The molecule has 0 spiro atoms. The maximum atomic E-state index is 4.47. The summed E-state index contributed by atoms with van der Waals surface area (Å²) in [6.45, 7) is 8.99. The molecule has 0 amide bonds. The average Bonchev–Trinajstić information content (AvgIpc) is 2.48. The summed E-state index contributed by atoms with van der Waals surface area (Å²) in [7, 11) is 0. The minimum atomic E-state index is 0.455. The number of unbranched alkanes of at least 4 members (excludes halogenated alkanes) is 1. The summed E-state index contributed by atoms with van der Waals surface area (Å²) in [5, 5.41) is 0. The monoisotopic (exact) mass is 168 g/mol. The van der Waals surface area contributed by atoms with E-state index in [9.17, 15) is 0 Å². The zero-order chi connectivity index (χ0) is 8.97. The van der Waals surface area contributed by atoms with Crippen molar-refractivity contribution in [2.24, 2.45) is 10.9 Å². The molecule has 1 heterocycles. The van der Waals surface area contributed by atoms with E-state index in [1.54, 1.807) is 0 Å². The Morgan fingerprint density at radius 2 is 2.33 bits per heavy atom. The molecule has 0 fully saturated rings. The lowest BCUT2D eigenvalue weighted by Crippen LogP contribution is -2.34. The van der Waals surface area contributed by atoms with Gasteiger partial charge in [-0.1, -0.05) is 27.2 Å². The molecule has 0 saturated heterocycles. The Morgan fingerprint density at radius 3 is 2.92 bits per heavy atom. The highest BCUT2D eigenvalue weighted by Gasteiger charge is 2.22. The van der Waals surface area contributed by atoms with Gasteiger partial charge in [0.15, 0.2) is 0 Å². The second kappa shape index (κ2) is 4.61. The molecule has 0 aromatic rings. The average molecular weight is 168 g/mol. The van der Waals surface area contributed by atoms with Crippen LogP contribution in [0.5, 0.6) is 0 Å². The van der Waals surface area contributed by atoms with E-state index >= 15 is 0 Å². The second-order valence-corrected chi connectivity index (χ2v) is 3.84. The summed E-state index contributed by atoms with van der Waals surface area (Å²) in [4.78, 5) is 6.94. The predicted octanol–water partition coefficient (Wildman–Crippen LogP) is 2.16. The first-order chi connectivity index (χ1) is 5.75. The Morgan fingerprint density at radius 1 is 1.58 bits per heavy atom. The van der Waals surface area contributed by atoms with Gasteiger partial charge < -0.3 is 0 Å². The van der Waals surface area contributed by atoms with Crippen LogP contribution >= 0.6 is 0 Å². The standard InChI is InChI=1S/C10H20N2/c1-4-5-7-12-8-6-11-10(12)9(2)3/h6,9-10H,4-5,7-8H2,1-3H3. The van der Waals surface area contributed by atoms with Crippen LogP contribution in [0.25, 0.3) is 0 Å². The first kappa shape index (κ1) is 9.72. The van der Waals surface area contributed by atoms with E-state index in [0.29, 0.717) is 12.1 Å². The smallest absolute Gasteiger partial charge is 0.104 e. The maximum Gasteiger partial charge on any atom is 0.104 e. The number of hydrogen-bond donors (Lipinski definition) is 0. The number of nitrogens with zero attached hydrogens (tertiary/aromatic N) is 2. The van der Waals surface area contributed by atoms with Crippen LogP contribution < -0.4 is 0 Å². The molecule has 1 aliphatic rings. The van der Waals surface area contributed by atoms with Gasteiger partial charge in [0, 0.05) is 19.3 Å². The highest BCUT2D eigenvalue weighted by molar-refractivity contribution is 5.62. The zero-order valence-corrected chi connectivity index (χ0v) is 8.45. The molecule has 0 radical (unpaired) electrons. The van der Waals surface area contributed by atoms with Crippen LogP contribution in [0.4, 0.5) is 0 Å². The molecule has 1 aliphatic heterocycles. The Kier molecular flexibility index (Phi) is 3.73. The highest BCUT2D eigenvalue weighted by atomic mass is 15.3. The molecule has 0 bridgehead atoms. The van der Waals surface area contributed by atoms with E-state index in [4.69, 9.17) is 0 Å². The van der Waals surface area contributed by atoms with Crippen LogP contribution in [0.1, 0.15) is 33.6 Å². The van der Waals surface area contributed by atoms with Crippen molar-refractivity contribution < 1.29 is 0 Å². The van der Waals surface area contributed by atoms with Crippen LogP contribution in [0.3, 0.4) is 0 Å². The first-order valence-corrected chi connectivity index (χ1v) is 5.01. The Hall–Kier alpha value is -0.370. The lowest BCUT2D eigenvalue weighted by molar-refractivity contribution is 0.200. The fraction of sp³-hybridized carbons (Fsp3) is 0.900. The summed E-state index contributed by atoms with van der Waals surface area (Å²) in [6.07, 6.45) is 5.09. The largest absolute Gasteiger partial charge is 0.277 e. The molecule has 12 heavy (non-hydrogen) atoms. The van der Waals surface area contributed by atoms with Crippen molar-refractivity contribution in [3.8, 4) is 0 Å². The van der Waals surface area contributed by atoms with E-state index in [1.165, 1.54) is 19.4 Å². The van der Waals surface area contributed by atoms with Crippen molar-refractivity contribution in [2.45, 2.75) is 39.8 Å². The number of aliphatic imine (C=N–C) groups is 1. The van der Waals surface area contributed by atoms with Crippen LogP contribution in [0, 0.1) is 5.92 Å². The lowest BCUT2D eigenvalue weighted by atomic mass is 10.1. The number of hydrogen-bond acceptors (Lipinski definition) is 2. The van der Waals surface area contributed by atoms with Crippen molar-refractivity contribution in [3.05, 3.63) is 0 Å². The summed E-state index contributed by atoms with van der Waals surface area (Å²) in [5.41, 5.74) is 0. The van der Waals surface area contributed by atoms with Gasteiger partial charge in [-0.3, -0.25) is 9.89 Å². The van der Waals surface area contributed by atoms with E-state index in [-0.39, 0.29) is 0 Å². The van der Waals surface area contributed by atoms with Crippen LogP contribution in [0.15, 0.2) is 4.99 Å². The predicted molar refractivity (Wildman–Crippen MR) is 53.6 cm³/mol. The third-order valence-electron chi connectivity index (χ3n) is 2.34. The quantitative estimate of drug-likeness (QED) is 0.628. The molecule has 2 nitrogen and oxygen atoms in total. The summed E-state index contributed by atoms with van der Waals surface area (Å²) >= 11 is 0. The molecule has 0 N–H and O–H groups in total. The van der Waals surface area contributed by atoms with E-state index in [1.807, 2.05) is 0 Å². The zero-order valence-electron chi connectivity index (χ0n) is 8.45. The second-order valence-electron chi connectivity index (χ2n) is 3.84. The molecule has 0 saturated carbocycles. The van der Waals surface area contributed by atoms with Crippen LogP contribution in [0.2, 0.25) is 0 Å². The first-order valence-electron chi connectivity index (χ1n) is 5.01.